The van der Waals surface area contributed by atoms with Gasteiger partial charge in [-0.15, -0.1) is 0 Å². The number of carbonyl (C=O) groups excluding carboxylic acids is 3. The molecule has 1 saturated heterocycles. The van der Waals surface area contributed by atoms with E-state index < -0.39 is 34.3 Å². The number of thioether (sulfide) groups is 1. The molecule has 1 heterocycles. The molecule has 11 heteroatoms. The van der Waals surface area contributed by atoms with Gasteiger partial charge in [0.2, 0.25) is 5.91 Å². The number of nitrogens with zero attached hydrogens (tertiary/aromatic N) is 2. The minimum absolute atomic E-state index is 0.0213. The van der Waals surface area contributed by atoms with Gasteiger partial charge in [-0.2, -0.15) is 0 Å². The largest absolute Gasteiger partial charge is 0.325 e. The first-order valence-electron chi connectivity index (χ1n) is 7.99. The molecule has 1 aliphatic heterocycles. The van der Waals surface area contributed by atoms with E-state index in [0.717, 1.165) is 17.0 Å². The number of hydrogen-bond donors (Lipinski definition) is 1. The molecule has 0 aliphatic carbocycles. The fraction of sp³-hybridized carbons (Fsp3) is 0.0556. The topological polar surface area (TPSA) is 110 Å². The number of carbonyl (C=O) groups is 3. The van der Waals surface area contributed by atoms with Crippen LogP contribution in [0.5, 0.6) is 0 Å². The van der Waals surface area contributed by atoms with Crippen LogP contribution in [-0.2, 0) is 9.59 Å². The fourth-order valence-electron chi connectivity index (χ4n) is 2.41. The molecule has 3 amide bonds. The lowest BCUT2D eigenvalue weighted by Gasteiger charge is -2.12. The number of nitro benzene ring substituents is 1. The normalized spacial score (nSPS) is 15.1. The summed E-state index contributed by atoms with van der Waals surface area (Å²) in [5.74, 6) is -1.84. The Morgan fingerprint density at radius 2 is 1.93 bits per heavy atom. The third kappa shape index (κ3) is 4.79. The number of non-ortho nitro benzene ring substituents is 1. The van der Waals surface area contributed by atoms with Crippen LogP contribution >= 0.6 is 23.4 Å². The van der Waals surface area contributed by atoms with Gasteiger partial charge in [0.05, 0.1) is 9.83 Å². The van der Waals surface area contributed by atoms with Crippen LogP contribution in [0.1, 0.15) is 5.56 Å². The summed E-state index contributed by atoms with van der Waals surface area (Å²) in [5.41, 5.74) is 0.281. The predicted octanol–water partition coefficient (Wildman–Crippen LogP) is 4.06. The second-order valence-electron chi connectivity index (χ2n) is 5.79. The Morgan fingerprint density at radius 3 is 2.59 bits per heavy atom. The van der Waals surface area contributed by atoms with Crippen molar-refractivity contribution in [2.24, 2.45) is 0 Å². The molecule has 0 spiro atoms. The molecule has 0 radical (unpaired) electrons. The lowest BCUT2D eigenvalue weighted by Crippen LogP contribution is -2.36. The standard InChI is InChI=1S/C18H11ClFN3O5S/c19-14-6-5-13(23(27)28)7-10(14)8-15-17(25)22(18(26)29-15)9-16(24)21-12-3-1-11(20)2-4-12/h1-8H,9H2,(H,21,24)/b15-8-. The molecule has 3 rings (SSSR count). The monoisotopic (exact) mass is 435 g/mol. The molecule has 1 N–H and O–H groups in total. The SMILES string of the molecule is O=C(CN1C(=O)S/C(=C\c2cc([N+](=O)[O-])ccc2Cl)C1=O)Nc1ccc(F)cc1. The van der Waals surface area contributed by atoms with Crippen LogP contribution in [0, 0.1) is 15.9 Å². The minimum atomic E-state index is -0.725. The molecule has 0 unspecified atom stereocenters. The number of halogens is 2. The third-order valence-electron chi connectivity index (χ3n) is 3.78. The Balaban J connectivity index is 1.75. The van der Waals surface area contributed by atoms with Crippen molar-refractivity contribution in [1.29, 1.82) is 0 Å². The van der Waals surface area contributed by atoms with E-state index >= 15 is 0 Å². The summed E-state index contributed by atoms with van der Waals surface area (Å²) >= 11 is 6.60. The summed E-state index contributed by atoms with van der Waals surface area (Å²) in [6.07, 6.45) is 1.26. The first kappa shape index (κ1) is 20.5. The van der Waals surface area contributed by atoms with Gasteiger partial charge in [0.1, 0.15) is 12.4 Å². The Kier molecular flexibility index (Phi) is 5.95. The molecule has 1 fully saturated rings. The van der Waals surface area contributed by atoms with Crippen molar-refractivity contribution in [2.75, 3.05) is 11.9 Å². The third-order valence-corrected chi connectivity index (χ3v) is 5.03. The highest BCUT2D eigenvalue weighted by molar-refractivity contribution is 8.18. The van der Waals surface area contributed by atoms with Gasteiger partial charge in [-0.25, -0.2) is 4.39 Å². The summed E-state index contributed by atoms with van der Waals surface area (Å²) in [5, 5.41) is 12.9. The van der Waals surface area contributed by atoms with E-state index in [1.807, 2.05) is 0 Å². The van der Waals surface area contributed by atoms with Crippen LogP contribution in [0.25, 0.3) is 6.08 Å². The van der Waals surface area contributed by atoms with Gasteiger partial charge in [-0.3, -0.25) is 29.4 Å². The van der Waals surface area contributed by atoms with E-state index in [1.54, 1.807) is 0 Å². The summed E-state index contributed by atoms with van der Waals surface area (Å²) in [7, 11) is 0. The van der Waals surface area contributed by atoms with Gasteiger partial charge in [0.25, 0.3) is 16.8 Å². The van der Waals surface area contributed by atoms with Gasteiger partial charge in [-0.1, -0.05) is 11.6 Å². The number of anilines is 1. The van der Waals surface area contributed by atoms with E-state index in [2.05, 4.69) is 5.32 Å². The summed E-state index contributed by atoms with van der Waals surface area (Å²) < 4.78 is 12.9. The number of rotatable bonds is 5. The van der Waals surface area contributed by atoms with Gasteiger partial charge >= 0.3 is 0 Å². The summed E-state index contributed by atoms with van der Waals surface area (Å²) in [6.45, 7) is -0.540. The number of imide groups is 1. The Bertz CT molecular complexity index is 1060. The van der Waals surface area contributed by atoms with Gasteiger partial charge in [-0.05, 0) is 48.2 Å². The maximum absolute atomic E-state index is 12.9. The highest BCUT2D eigenvalue weighted by Crippen LogP contribution is 2.34. The van der Waals surface area contributed by atoms with E-state index in [1.165, 1.54) is 36.4 Å². The molecule has 148 valence electrons. The Morgan fingerprint density at radius 1 is 1.24 bits per heavy atom. The zero-order chi connectivity index (χ0) is 21.1. The maximum Gasteiger partial charge on any atom is 0.294 e. The van der Waals surface area contributed by atoms with Crippen molar-refractivity contribution in [2.45, 2.75) is 0 Å². The van der Waals surface area contributed by atoms with Crippen molar-refractivity contribution >= 4 is 57.9 Å². The average molecular weight is 436 g/mol. The van der Waals surface area contributed by atoms with E-state index in [-0.39, 0.29) is 21.2 Å². The second-order valence-corrected chi connectivity index (χ2v) is 7.19. The number of nitrogens with one attached hydrogen (secondary N) is 1. The van der Waals surface area contributed by atoms with Crippen molar-refractivity contribution < 1.29 is 23.7 Å². The second kappa shape index (κ2) is 8.41. The van der Waals surface area contributed by atoms with Crippen LogP contribution in [-0.4, -0.2) is 33.4 Å². The minimum Gasteiger partial charge on any atom is -0.325 e. The maximum atomic E-state index is 12.9. The zero-order valence-corrected chi connectivity index (χ0v) is 16.0. The number of nitro groups is 1. The smallest absolute Gasteiger partial charge is 0.294 e. The highest BCUT2D eigenvalue weighted by Gasteiger charge is 2.36. The van der Waals surface area contributed by atoms with Crippen LogP contribution in [0.3, 0.4) is 0 Å². The molecular weight excluding hydrogens is 425 g/mol. The van der Waals surface area contributed by atoms with E-state index in [9.17, 15) is 28.9 Å². The summed E-state index contributed by atoms with van der Waals surface area (Å²) in [6, 6.07) is 8.69. The molecule has 2 aromatic rings. The molecule has 0 atom stereocenters. The van der Waals surface area contributed by atoms with Gasteiger partial charge < -0.3 is 5.32 Å². The van der Waals surface area contributed by atoms with Crippen molar-refractivity contribution in [3.63, 3.8) is 0 Å². The molecule has 2 aromatic carbocycles. The first-order chi connectivity index (χ1) is 13.7. The number of amides is 3. The lowest BCUT2D eigenvalue weighted by atomic mass is 10.2. The molecular formula is C18H11ClFN3O5S. The number of hydrogen-bond acceptors (Lipinski definition) is 6. The molecule has 8 nitrogen and oxygen atoms in total. The van der Waals surface area contributed by atoms with E-state index in [4.69, 9.17) is 11.6 Å². The quantitative estimate of drug-likeness (QED) is 0.431. The van der Waals surface area contributed by atoms with Gasteiger partial charge in [0, 0.05) is 28.4 Å². The fourth-order valence-corrected chi connectivity index (χ4v) is 3.41. The molecule has 0 aromatic heterocycles. The Labute approximate surface area is 172 Å². The van der Waals surface area contributed by atoms with Crippen molar-refractivity contribution in [1.82, 2.24) is 4.90 Å². The van der Waals surface area contributed by atoms with Crippen molar-refractivity contribution in [3.8, 4) is 0 Å². The van der Waals surface area contributed by atoms with Crippen LogP contribution in [0.2, 0.25) is 5.02 Å². The summed E-state index contributed by atoms with van der Waals surface area (Å²) in [4.78, 5) is 47.7. The molecule has 0 bridgehead atoms. The Hall–Kier alpha value is -3.24. The van der Waals surface area contributed by atoms with E-state index in [0.29, 0.717) is 17.4 Å². The van der Waals surface area contributed by atoms with Crippen LogP contribution in [0.4, 0.5) is 20.6 Å². The molecule has 29 heavy (non-hydrogen) atoms. The highest BCUT2D eigenvalue weighted by atomic mass is 35.5. The lowest BCUT2D eigenvalue weighted by molar-refractivity contribution is -0.384. The number of benzene rings is 2. The first-order valence-corrected chi connectivity index (χ1v) is 9.19. The predicted molar refractivity (Wildman–Crippen MR) is 106 cm³/mol. The molecule has 1 aliphatic rings. The van der Waals surface area contributed by atoms with Crippen LogP contribution < -0.4 is 5.32 Å². The molecule has 0 saturated carbocycles. The average Bonchev–Trinajstić information content (AvgIpc) is 2.92. The van der Waals surface area contributed by atoms with Crippen LogP contribution in [0.15, 0.2) is 47.4 Å². The zero-order valence-electron chi connectivity index (χ0n) is 14.4. The van der Waals surface area contributed by atoms with Crippen molar-refractivity contribution in [3.05, 3.63) is 73.9 Å². The van der Waals surface area contributed by atoms with Gasteiger partial charge in [0.15, 0.2) is 0 Å².